The van der Waals surface area contributed by atoms with Crippen LogP contribution in [0.3, 0.4) is 0 Å². The van der Waals surface area contributed by atoms with Gasteiger partial charge in [-0.3, -0.25) is 0 Å². The van der Waals surface area contributed by atoms with E-state index in [2.05, 4.69) is 12.2 Å². The number of hydrogen-bond acceptors (Lipinski definition) is 2. The van der Waals surface area contributed by atoms with E-state index in [0.717, 1.165) is 39.0 Å². The van der Waals surface area contributed by atoms with Crippen LogP contribution < -0.4 is 5.32 Å². The van der Waals surface area contributed by atoms with E-state index in [-0.39, 0.29) is 6.03 Å². The summed E-state index contributed by atoms with van der Waals surface area (Å²) in [7, 11) is 1.87. The second kappa shape index (κ2) is 5.95. The van der Waals surface area contributed by atoms with Crippen LogP contribution in [0.15, 0.2) is 0 Å². The number of amides is 2. The van der Waals surface area contributed by atoms with Crippen molar-refractivity contribution in [3.63, 3.8) is 0 Å². The lowest BCUT2D eigenvalue weighted by molar-refractivity contribution is 0.135. The van der Waals surface area contributed by atoms with Gasteiger partial charge in [-0.05, 0) is 39.8 Å². The van der Waals surface area contributed by atoms with Crippen LogP contribution in [0.4, 0.5) is 4.79 Å². The van der Waals surface area contributed by atoms with Gasteiger partial charge in [0, 0.05) is 26.2 Å². The van der Waals surface area contributed by atoms with Crippen molar-refractivity contribution in [1.82, 2.24) is 15.1 Å². The largest absolute Gasteiger partial charge is 0.328 e. The molecule has 1 aliphatic rings. The number of urea groups is 1. The van der Waals surface area contributed by atoms with E-state index in [9.17, 15) is 4.79 Å². The van der Waals surface area contributed by atoms with Gasteiger partial charge >= 0.3 is 6.03 Å². The van der Waals surface area contributed by atoms with Crippen LogP contribution in [0.5, 0.6) is 0 Å². The fraction of sp³-hybridized carbons (Fsp3) is 0.909. The average Bonchev–Trinajstić information content (AvgIpc) is 2.30. The van der Waals surface area contributed by atoms with Crippen molar-refractivity contribution < 1.29 is 4.79 Å². The van der Waals surface area contributed by atoms with Gasteiger partial charge in [-0.15, -0.1) is 0 Å². The number of nitrogens with one attached hydrogen (secondary N) is 1. The summed E-state index contributed by atoms with van der Waals surface area (Å²) in [5, 5.41) is 3.32. The molecule has 88 valence electrons. The molecule has 0 saturated carbocycles. The molecule has 15 heavy (non-hydrogen) atoms. The van der Waals surface area contributed by atoms with Crippen LogP contribution in [0.1, 0.15) is 26.7 Å². The number of piperidine rings is 1. The van der Waals surface area contributed by atoms with Gasteiger partial charge in [-0.1, -0.05) is 0 Å². The fourth-order valence-electron chi connectivity index (χ4n) is 2.02. The van der Waals surface area contributed by atoms with Gasteiger partial charge in [-0.25, -0.2) is 4.79 Å². The third-order valence-electron chi connectivity index (χ3n) is 3.14. The smallest absolute Gasteiger partial charge is 0.319 e. The molecule has 0 unspecified atom stereocenters. The van der Waals surface area contributed by atoms with Gasteiger partial charge in [0.25, 0.3) is 0 Å². The molecule has 2 amide bonds. The monoisotopic (exact) mass is 213 g/mol. The molecule has 1 aliphatic heterocycles. The molecule has 0 spiro atoms. The van der Waals surface area contributed by atoms with Gasteiger partial charge < -0.3 is 15.1 Å². The molecule has 0 radical (unpaired) electrons. The Morgan fingerprint density at radius 2 is 1.87 bits per heavy atom. The van der Waals surface area contributed by atoms with E-state index in [1.54, 1.807) is 4.90 Å². The summed E-state index contributed by atoms with van der Waals surface area (Å²) in [4.78, 5) is 15.8. The Kier molecular flexibility index (Phi) is 4.88. The standard InChI is InChI=1S/C11H23N3O/c1-4-13(3)11(15)14(5-2)10-6-8-12-9-7-10/h10,12H,4-9H2,1-3H3. The molecule has 1 rings (SSSR count). The Labute approximate surface area is 92.6 Å². The zero-order valence-electron chi connectivity index (χ0n) is 10.1. The Hall–Kier alpha value is -0.770. The van der Waals surface area contributed by atoms with E-state index < -0.39 is 0 Å². The van der Waals surface area contributed by atoms with E-state index in [4.69, 9.17) is 0 Å². The maximum Gasteiger partial charge on any atom is 0.319 e. The first kappa shape index (κ1) is 12.3. The molecule has 0 aromatic carbocycles. The number of rotatable bonds is 3. The Bertz CT molecular complexity index is 202. The molecule has 0 aromatic heterocycles. The lowest BCUT2D eigenvalue weighted by Gasteiger charge is -2.36. The summed E-state index contributed by atoms with van der Waals surface area (Å²) in [5.41, 5.74) is 0. The summed E-state index contributed by atoms with van der Waals surface area (Å²) in [5.74, 6) is 0. The highest BCUT2D eigenvalue weighted by atomic mass is 16.2. The number of hydrogen-bond donors (Lipinski definition) is 1. The maximum absolute atomic E-state index is 12.0. The molecule has 4 heteroatoms. The van der Waals surface area contributed by atoms with Crippen molar-refractivity contribution in [3.05, 3.63) is 0 Å². The first-order chi connectivity index (χ1) is 7.20. The number of carbonyl (C=O) groups is 1. The lowest BCUT2D eigenvalue weighted by atomic mass is 10.1. The normalized spacial score (nSPS) is 17.5. The van der Waals surface area contributed by atoms with Crippen molar-refractivity contribution in [2.45, 2.75) is 32.7 Å². The Balaban J connectivity index is 2.56. The molecule has 1 fully saturated rings. The van der Waals surface area contributed by atoms with E-state index in [1.165, 1.54) is 0 Å². The first-order valence-electron chi connectivity index (χ1n) is 5.93. The highest BCUT2D eigenvalue weighted by Crippen LogP contribution is 2.13. The molecular formula is C11H23N3O. The van der Waals surface area contributed by atoms with Crippen molar-refractivity contribution in [2.24, 2.45) is 0 Å². The molecule has 0 bridgehead atoms. The minimum Gasteiger partial charge on any atom is -0.328 e. The summed E-state index contributed by atoms with van der Waals surface area (Å²) in [6, 6.07) is 0.602. The Morgan fingerprint density at radius 3 is 2.33 bits per heavy atom. The topological polar surface area (TPSA) is 35.6 Å². The fourth-order valence-corrected chi connectivity index (χ4v) is 2.02. The highest BCUT2D eigenvalue weighted by Gasteiger charge is 2.25. The Morgan fingerprint density at radius 1 is 1.27 bits per heavy atom. The average molecular weight is 213 g/mol. The van der Waals surface area contributed by atoms with Crippen LogP contribution in [0, 0.1) is 0 Å². The molecule has 4 nitrogen and oxygen atoms in total. The zero-order chi connectivity index (χ0) is 11.3. The van der Waals surface area contributed by atoms with Gasteiger partial charge in [-0.2, -0.15) is 0 Å². The van der Waals surface area contributed by atoms with Gasteiger partial charge in [0.15, 0.2) is 0 Å². The van der Waals surface area contributed by atoms with Crippen LogP contribution in [0.2, 0.25) is 0 Å². The quantitative estimate of drug-likeness (QED) is 0.763. The predicted octanol–water partition coefficient (Wildman–Crippen LogP) is 1.13. The van der Waals surface area contributed by atoms with E-state index in [0.29, 0.717) is 6.04 Å². The third-order valence-corrected chi connectivity index (χ3v) is 3.14. The SMILES string of the molecule is CCN(C)C(=O)N(CC)C1CCNCC1. The first-order valence-corrected chi connectivity index (χ1v) is 5.93. The van der Waals surface area contributed by atoms with Crippen LogP contribution in [0.25, 0.3) is 0 Å². The molecule has 0 aliphatic carbocycles. The summed E-state index contributed by atoms with van der Waals surface area (Å²) < 4.78 is 0. The van der Waals surface area contributed by atoms with Crippen molar-refractivity contribution >= 4 is 6.03 Å². The number of nitrogens with zero attached hydrogens (tertiary/aromatic N) is 2. The number of carbonyl (C=O) groups excluding carboxylic acids is 1. The summed E-state index contributed by atoms with van der Waals surface area (Å²) in [6.45, 7) is 7.72. The minimum absolute atomic E-state index is 0.173. The summed E-state index contributed by atoms with van der Waals surface area (Å²) >= 11 is 0. The second-order valence-electron chi connectivity index (χ2n) is 4.06. The van der Waals surface area contributed by atoms with Crippen molar-refractivity contribution in [3.8, 4) is 0 Å². The van der Waals surface area contributed by atoms with Gasteiger partial charge in [0.1, 0.15) is 0 Å². The predicted molar refractivity (Wildman–Crippen MR) is 62.0 cm³/mol. The highest BCUT2D eigenvalue weighted by molar-refractivity contribution is 5.74. The van der Waals surface area contributed by atoms with Crippen LogP contribution in [-0.4, -0.2) is 55.1 Å². The molecule has 0 aromatic rings. The molecule has 1 heterocycles. The second-order valence-corrected chi connectivity index (χ2v) is 4.06. The van der Waals surface area contributed by atoms with E-state index >= 15 is 0 Å². The third kappa shape index (κ3) is 3.09. The molecular weight excluding hydrogens is 190 g/mol. The van der Waals surface area contributed by atoms with Crippen molar-refractivity contribution in [2.75, 3.05) is 33.2 Å². The van der Waals surface area contributed by atoms with Crippen LogP contribution >= 0.6 is 0 Å². The summed E-state index contributed by atoms with van der Waals surface area (Å²) in [6.07, 6.45) is 2.16. The lowest BCUT2D eigenvalue weighted by Crippen LogP contribution is -2.50. The van der Waals surface area contributed by atoms with Crippen molar-refractivity contribution in [1.29, 1.82) is 0 Å². The van der Waals surface area contributed by atoms with Gasteiger partial charge in [0.2, 0.25) is 0 Å². The molecule has 0 atom stereocenters. The maximum atomic E-state index is 12.0. The zero-order valence-corrected chi connectivity index (χ0v) is 10.1. The van der Waals surface area contributed by atoms with Crippen LogP contribution in [-0.2, 0) is 0 Å². The van der Waals surface area contributed by atoms with E-state index in [1.807, 2.05) is 18.9 Å². The molecule has 1 saturated heterocycles. The van der Waals surface area contributed by atoms with Gasteiger partial charge in [0.05, 0.1) is 0 Å². The molecule has 1 N–H and O–H groups in total. The minimum atomic E-state index is 0.173.